The van der Waals surface area contributed by atoms with Crippen molar-refractivity contribution >= 4 is 23.8 Å². The van der Waals surface area contributed by atoms with Crippen LogP contribution in [0.1, 0.15) is 162 Å². The molecule has 0 rings (SSSR count). The number of hydrogen-bond donors (Lipinski definition) is 4. The van der Waals surface area contributed by atoms with Crippen LogP contribution in [0.2, 0.25) is 0 Å². The minimum absolute atomic E-state index is 0.0762. The van der Waals surface area contributed by atoms with E-state index >= 15 is 0 Å². The van der Waals surface area contributed by atoms with E-state index in [9.17, 15) is 19.2 Å². The van der Waals surface area contributed by atoms with Gasteiger partial charge in [0.05, 0.1) is 13.2 Å². The summed E-state index contributed by atoms with van der Waals surface area (Å²) in [4.78, 5) is 47.4. The molecule has 0 aromatic heterocycles. The van der Waals surface area contributed by atoms with Crippen molar-refractivity contribution in [1.29, 1.82) is 0 Å². The highest BCUT2D eigenvalue weighted by atomic mass is 16.5. The molecule has 56 heavy (non-hydrogen) atoms. The fraction of sp³-hybridized carbons (Fsp3) is 0.617. The van der Waals surface area contributed by atoms with Gasteiger partial charge in [0.25, 0.3) is 0 Å². The Labute approximate surface area is 339 Å². The molecule has 0 saturated heterocycles. The van der Waals surface area contributed by atoms with Crippen molar-refractivity contribution in [2.75, 3.05) is 13.2 Å². The van der Waals surface area contributed by atoms with Crippen LogP contribution < -0.4 is 10.6 Å². The molecular formula is C47H76N2O7. The lowest BCUT2D eigenvalue weighted by atomic mass is 10.0. The number of esters is 1. The third-order valence-corrected chi connectivity index (χ3v) is 8.91. The van der Waals surface area contributed by atoms with E-state index in [1.165, 1.54) is 25.7 Å². The predicted molar refractivity (Wildman–Crippen MR) is 231 cm³/mol. The van der Waals surface area contributed by atoms with Crippen LogP contribution in [-0.2, 0) is 23.9 Å². The topological polar surface area (TPSA) is 142 Å². The number of aliphatic hydroxyl groups excluding tert-OH is 1. The highest BCUT2D eigenvalue weighted by Crippen LogP contribution is 2.18. The average molecular weight is 781 g/mol. The molecule has 0 aliphatic carbocycles. The van der Waals surface area contributed by atoms with E-state index < -0.39 is 24.5 Å². The smallest absolute Gasteiger partial charge is 0.328 e. The molecule has 0 fully saturated rings. The summed E-state index contributed by atoms with van der Waals surface area (Å²) < 4.78 is 5.93. The first kappa shape index (κ1) is 52.0. The van der Waals surface area contributed by atoms with Gasteiger partial charge in [-0.25, -0.2) is 4.79 Å². The largest absolute Gasteiger partial charge is 0.480 e. The summed E-state index contributed by atoms with van der Waals surface area (Å²) in [6.07, 6.45) is 52.0. The van der Waals surface area contributed by atoms with E-state index in [0.717, 1.165) is 103 Å². The van der Waals surface area contributed by atoms with Gasteiger partial charge in [-0.15, -0.1) is 0 Å². The van der Waals surface area contributed by atoms with Gasteiger partial charge in [0, 0.05) is 12.8 Å². The Morgan fingerprint density at radius 2 is 1.02 bits per heavy atom. The van der Waals surface area contributed by atoms with E-state index in [-0.39, 0.29) is 30.9 Å². The number of carboxylic acid groups (broad SMARTS) is 1. The number of carbonyl (C=O) groups excluding carboxylic acids is 3. The Kier molecular flexibility index (Phi) is 37.8. The first-order valence-electron chi connectivity index (χ1n) is 21.5. The number of ether oxygens (including phenoxy) is 1. The lowest BCUT2D eigenvalue weighted by Crippen LogP contribution is -2.47. The molecule has 0 aliphatic rings. The number of aliphatic carboxylic acids is 1. The summed E-state index contributed by atoms with van der Waals surface area (Å²) in [5, 5.41) is 22.5. The zero-order valence-corrected chi connectivity index (χ0v) is 34.9. The van der Waals surface area contributed by atoms with E-state index in [0.29, 0.717) is 12.8 Å². The third kappa shape index (κ3) is 37.0. The Balaban J connectivity index is 4.23. The van der Waals surface area contributed by atoms with Crippen molar-refractivity contribution < 1.29 is 34.1 Å². The molecule has 0 aromatic rings. The summed E-state index contributed by atoms with van der Waals surface area (Å²) in [6.45, 7) is 3.30. The van der Waals surface area contributed by atoms with Crippen LogP contribution in [0.5, 0.6) is 0 Å². The van der Waals surface area contributed by atoms with Gasteiger partial charge >= 0.3 is 11.9 Å². The van der Waals surface area contributed by atoms with E-state index in [2.05, 4.69) is 110 Å². The van der Waals surface area contributed by atoms with Gasteiger partial charge in [-0.05, 0) is 89.9 Å². The second-order valence-corrected chi connectivity index (χ2v) is 14.1. The van der Waals surface area contributed by atoms with Crippen LogP contribution in [0.15, 0.2) is 85.1 Å². The maximum absolute atomic E-state index is 12.7. The fourth-order valence-corrected chi connectivity index (χ4v) is 5.64. The zero-order valence-electron chi connectivity index (χ0n) is 34.9. The highest BCUT2D eigenvalue weighted by Gasteiger charge is 2.19. The Morgan fingerprint density at radius 1 is 0.554 bits per heavy atom. The van der Waals surface area contributed by atoms with Crippen LogP contribution in [0.4, 0.5) is 0 Å². The number of allylic oxidation sites excluding steroid dienone is 14. The molecule has 2 amide bonds. The minimum atomic E-state index is -1.39. The van der Waals surface area contributed by atoms with Gasteiger partial charge in [0.2, 0.25) is 11.8 Å². The molecule has 316 valence electrons. The molecule has 4 N–H and O–H groups in total. The van der Waals surface area contributed by atoms with E-state index in [1.54, 1.807) is 0 Å². The van der Waals surface area contributed by atoms with Crippen molar-refractivity contribution in [2.24, 2.45) is 0 Å². The number of carbonyl (C=O) groups is 4. The van der Waals surface area contributed by atoms with Crippen LogP contribution in [0.3, 0.4) is 0 Å². The monoisotopic (exact) mass is 781 g/mol. The zero-order chi connectivity index (χ0) is 41.2. The quantitative estimate of drug-likeness (QED) is 0.0279. The maximum atomic E-state index is 12.7. The minimum Gasteiger partial charge on any atom is -0.480 e. The highest BCUT2D eigenvalue weighted by molar-refractivity contribution is 5.87. The van der Waals surface area contributed by atoms with Crippen LogP contribution in [0.25, 0.3) is 0 Å². The Morgan fingerprint density at radius 3 is 1.50 bits per heavy atom. The molecule has 0 bridgehead atoms. The molecule has 0 spiro atoms. The van der Waals surface area contributed by atoms with Crippen molar-refractivity contribution in [3.8, 4) is 0 Å². The molecule has 0 aromatic carbocycles. The molecular weight excluding hydrogens is 705 g/mol. The van der Waals surface area contributed by atoms with Crippen molar-refractivity contribution in [3.05, 3.63) is 85.1 Å². The van der Waals surface area contributed by atoms with Crippen molar-refractivity contribution in [2.45, 2.75) is 174 Å². The molecule has 0 aliphatic heterocycles. The number of hydrogen-bond acceptors (Lipinski definition) is 6. The third-order valence-electron chi connectivity index (χ3n) is 8.91. The van der Waals surface area contributed by atoms with Crippen LogP contribution >= 0.6 is 0 Å². The normalized spacial score (nSPS) is 13.3. The molecule has 9 heteroatoms. The predicted octanol–water partition coefficient (Wildman–Crippen LogP) is 10.5. The first-order chi connectivity index (χ1) is 27.3. The van der Waals surface area contributed by atoms with Gasteiger partial charge in [-0.3, -0.25) is 14.4 Å². The average Bonchev–Trinajstić information content (AvgIpc) is 3.18. The second-order valence-electron chi connectivity index (χ2n) is 14.1. The Hall–Kier alpha value is -3.98. The second kappa shape index (κ2) is 40.7. The Bertz CT molecular complexity index is 1210. The summed E-state index contributed by atoms with van der Waals surface area (Å²) in [5.74, 6) is -2.41. The first-order valence-corrected chi connectivity index (χ1v) is 21.5. The van der Waals surface area contributed by atoms with Gasteiger partial charge < -0.3 is 25.6 Å². The SMILES string of the molecule is CC/C=C\C/C=C\C/C=C\C/C=C\C/C=C\C/C=C\C/C=C\CCCC(=O)OC(CCCCCCCC)CCCCCCC(=O)NCC(=O)NC(CO)C(=O)O. The van der Waals surface area contributed by atoms with Gasteiger partial charge in [0.15, 0.2) is 0 Å². The lowest BCUT2D eigenvalue weighted by Gasteiger charge is -2.18. The number of amides is 2. The molecule has 2 atom stereocenters. The molecule has 0 heterocycles. The number of aliphatic hydroxyl groups is 1. The van der Waals surface area contributed by atoms with Crippen LogP contribution in [0, 0.1) is 0 Å². The number of rotatable bonds is 37. The molecule has 0 saturated carbocycles. The van der Waals surface area contributed by atoms with Gasteiger partial charge in [-0.2, -0.15) is 0 Å². The standard InChI is InChI=1S/C47H76N2O7/c1-3-5-7-9-11-12-13-14-15-16-17-18-19-20-21-22-23-24-25-26-27-29-35-39-46(53)56-42(36-32-28-10-8-6-4-2)37-33-30-31-34-38-44(51)48-40-45(52)49-43(41-50)47(54)55/h5,7,11-12,14-15,17-18,20-21,23-24,26-27,42-43,50H,3-4,6,8-10,13,16,19,22,25,28-41H2,1-2H3,(H,48,51)(H,49,52)(H,54,55)/b7-5-,12-11-,15-14-,18-17-,21-20-,24-23-,27-26-. The summed E-state index contributed by atoms with van der Waals surface area (Å²) in [5.41, 5.74) is 0. The molecule has 9 nitrogen and oxygen atoms in total. The lowest BCUT2D eigenvalue weighted by molar-refractivity contribution is -0.150. The number of unbranched alkanes of at least 4 members (excludes halogenated alkanes) is 9. The summed E-state index contributed by atoms with van der Waals surface area (Å²) >= 11 is 0. The fourth-order valence-electron chi connectivity index (χ4n) is 5.64. The number of carboxylic acids is 1. The van der Waals surface area contributed by atoms with E-state index in [1.807, 2.05) is 0 Å². The van der Waals surface area contributed by atoms with E-state index in [4.69, 9.17) is 14.9 Å². The van der Waals surface area contributed by atoms with Gasteiger partial charge in [-0.1, -0.05) is 144 Å². The van der Waals surface area contributed by atoms with Gasteiger partial charge in [0.1, 0.15) is 12.1 Å². The maximum Gasteiger partial charge on any atom is 0.328 e. The number of nitrogens with one attached hydrogen (secondary N) is 2. The van der Waals surface area contributed by atoms with Crippen molar-refractivity contribution in [1.82, 2.24) is 10.6 Å². The summed E-state index contributed by atoms with van der Waals surface area (Å²) in [7, 11) is 0. The molecule has 2 unspecified atom stereocenters. The van der Waals surface area contributed by atoms with Crippen LogP contribution in [-0.4, -0.2) is 59.3 Å². The summed E-state index contributed by atoms with van der Waals surface area (Å²) in [6, 6.07) is -1.39. The van der Waals surface area contributed by atoms with Crippen molar-refractivity contribution in [3.63, 3.8) is 0 Å². The molecule has 0 radical (unpaired) electrons.